The Bertz CT molecular complexity index is 755. The van der Waals surface area contributed by atoms with E-state index in [1.807, 2.05) is 36.4 Å². The van der Waals surface area contributed by atoms with Gasteiger partial charge in [-0.15, -0.1) is 12.4 Å². The summed E-state index contributed by atoms with van der Waals surface area (Å²) in [6, 6.07) is 14.1. The first-order chi connectivity index (χ1) is 10.7. The predicted molar refractivity (Wildman–Crippen MR) is 96.4 cm³/mol. The van der Waals surface area contributed by atoms with E-state index in [1.54, 1.807) is 6.20 Å². The fourth-order valence-electron chi connectivity index (χ4n) is 2.36. The van der Waals surface area contributed by atoms with E-state index in [0.717, 1.165) is 41.1 Å². The number of para-hydroxylation sites is 1. The molecule has 0 radical (unpaired) electrons. The number of rotatable bonds is 6. The molecule has 0 atom stereocenters. The van der Waals surface area contributed by atoms with Crippen molar-refractivity contribution >= 4 is 23.3 Å². The molecule has 0 unspecified atom stereocenters. The molecule has 2 N–H and O–H groups in total. The number of benzene rings is 2. The van der Waals surface area contributed by atoms with Crippen molar-refractivity contribution in [2.24, 2.45) is 5.92 Å². The van der Waals surface area contributed by atoms with Crippen LogP contribution in [-0.2, 0) is 6.54 Å². The molecule has 0 aliphatic rings. The largest absolute Gasteiger partial charge is 0.457 e. The van der Waals surface area contributed by atoms with Gasteiger partial charge in [0.05, 0.1) is 11.7 Å². The third kappa shape index (κ3) is 4.47. The van der Waals surface area contributed by atoms with Crippen LogP contribution in [0.15, 0.2) is 48.7 Å². The molecule has 23 heavy (non-hydrogen) atoms. The van der Waals surface area contributed by atoms with Crippen LogP contribution in [0.4, 0.5) is 0 Å². The summed E-state index contributed by atoms with van der Waals surface area (Å²) >= 11 is 0. The quantitative estimate of drug-likeness (QED) is 0.698. The first kappa shape index (κ1) is 17.3. The van der Waals surface area contributed by atoms with Crippen LogP contribution in [0.1, 0.15) is 19.4 Å². The first-order valence-electron chi connectivity index (χ1n) is 7.62. The molecule has 1 heterocycles. The second kappa shape index (κ2) is 7.99. The van der Waals surface area contributed by atoms with Gasteiger partial charge in [0.2, 0.25) is 0 Å². The van der Waals surface area contributed by atoms with Gasteiger partial charge in [-0.1, -0.05) is 32.0 Å². The minimum absolute atomic E-state index is 0. The molecule has 122 valence electrons. The lowest BCUT2D eigenvalue weighted by Gasteiger charge is -2.13. The number of hydrogen-bond acceptors (Lipinski definition) is 3. The molecule has 0 saturated heterocycles. The molecule has 0 fully saturated rings. The predicted octanol–water partition coefficient (Wildman–Crippen LogP) is 4.52. The fourth-order valence-corrected chi connectivity index (χ4v) is 2.36. The smallest absolute Gasteiger partial charge is 0.131 e. The van der Waals surface area contributed by atoms with Crippen molar-refractivity contribution in [3.05, 3.63) is 54.2 Å². The average molecular weight is 332 g/mol. The highest BCUT2D eigenvalue weighted by Gasteiger charge is 2.06. The van der Waals surface area contributed by atoms with Crippen LogP contribution in [0.2, 0.25) is 0 Å². The summed E-state index contributed by atoms with van der Waals surface area (Å²) in [6.07, 6.45) is 1.80. The van der Waals surface area contributed by atoms with Crippen LogP contribution < -0.4 is 10.1 Å². The van der Waals surface area contributed by atoms with Gasteiger partial charge in [-0.3, -0.25) is 5.10 Å². The maximum absolute atomic E-state index is 6.06. The van der Waals surface area contributed by atoms with Crippen molar-refractivity contribution in [1.82, 2.24) is 15.5 Å². The highest BCUT2D eigenvalue weighted by molar-refractivity contribution is 5.85. The van der Waals surface area contributed by atoms with Gasteiger partial charge in [0, 0.05) is 17.5 Å². The monoisotopic (exact) mass is 331 g/mol. The summed E-state index contributed by atoms with van der Waals surface area (Å²) in [6.45, 7) is 6.21. The van der Waals surface area contributed by atoms with E-state index in [4.69, 9.17) is 4.74 Å². The van der Waals surface area contributed by atoms with E-state index in [1.165, 1.54) is 0 Å². The van der Waals surface area contributed by atoms with Crippen molar-refractivity contribution in [3.63, 3.8) is 0 Å². The van der Waals surface area contributed by atoms with Crippen LogP contribution >= 0.6 is 12.4 Å². The number of aromatic amines is 1. The van der Waals surface area contributed by atoms with Crippen molar-refractivity contribution < 1.29 is 4.74 Å². The SMILES string of the molecule is CC(C)CNCc1ccccc1Oc1ccc2[nH]ncc2c1.Cl. The molecule has 3 rings (SSSR count). The number of fused-ring (bicyclic) bond motifs is 1. The van der Waals surface area contributed by atoms with E-state index >= 15 is 0 Å². The van der Waals surface area contributed by atoms with Gasteiger partial charge < -0.3 is 10.1 Å². The summed E-state index contributed by atoms with van der Waals surface area (Å²) in [7, 11) is 0. The van der Waals surface area contributed by atoms with Crippen molar-refractivity contribution in [2.75, 3.05) is 6.54 Å². The Labute approximate surface area is 142 Å². The Morgan fingerprint density at radius 2 is 2.00 bits per heavy atom. The van der Waals surface area contributed by atoms with Gasteiger partial charge in [-0.2, -0.15) is 5.10 Å². The number of ether oxygens (including phenoxy) is 1. The van der Waals surface area contributed by atoms with Crippen LogP contribution in [0.3, 0.4) is 0 Å². The van der Waals surface area contributed by atoms with E-state index in [0.29, 0.717) is 5.92 Å². The minimum atomic E-state index is 0. The van der Waals surface area contributed by atoms with E-state index < -0.39 is 0 Å². The molecular formula is C18H22ClN3O. The van der Waals surface area contributed by atoms with Crippen molar-refractivity contribution in [2.45, 2.75) is 20.4 Å². The molecule has 3 aromatic rings. The fraction of sp³-hybridized carbons (Fsp3) is 0.278. The lowest BCUT2D eigenvalue weighted by atomic mass is 10.1. The average Bonchev–Trinajstić information content (AvgIpc) is 2.96. The molecule has 0 saturated carbocycles. The van der Waals surface area contributed by atoms with Crippen LogP contribution in [0, 0.1) is 5.92 Å². The second-order valence-corrected chi connectivity index (χ2v) is 5.85. The third-order valence-corrected chi connectivity index (χ3v) is 3.48. The molecule has 4 nitrogen and oxygen atoms in total. The van der Waals surface area contributed by atoms with Crippen molar-refractivity contribution in [1.29, 1.82) is 0 Å². The molecule has 0 bridgehead atoms. The molecule has 0 spiro atoms. The Kier molecular flexibility index (Phi) is 6.02. The Morgan fingerprint density at radius 1 is 1.17 bits per heavy atom. The van der Waals surface area contributed by atoms with Crippen LogP contribution in [0.5, 0.6) is 11.5 Å². The van der Waals surface area contributed by atoms with Gasteiger partial charge in [-0.25, -0.2) is 0 Å². The van der Waals surface area contributed by atoms with Crippen LogP contribution in [0.25, 0.3) is 10.9 Å². The summed E-state index contributed by atoms with van der Waals surface area (Å²) in [5, 5.41) is 11.5. The topological polar surface area (TPSA) is 49.9 Å². The number of aromatic nitrogens is 2. The van der Waals surface area contributed by atoms with Crippen molar-refractivity contribution in [3.8, 4) is 11.5 Å². The third-order valence-electron chi connectivity index (χ3n) is 3.48. The zero-order chi connectivity index (χ0) is 15.4. The Morgan fingerprint density at radius 3 is 2.83 bits per heavy atom. The maximum atomic E-state index is 6.06. The maximum Gasteiger partial charge on any atom is 0.131 e. The normalized spacial score (nSPS) is 10.7. The van der Waals surface area contributed by atoms with Crippen LogP contribution in [-0.4, -0.2) is 16.7 Å². The van der Waals surface area contributed by atoms with E-state index in [2.05, 4.69) is 35.4 Å². The Balaban J connectivity index is 0.00000192. The highest BCUT2D eigenvalue weighted by Crippen LogP contribution is 2.27. The zero-order valence-corrected chi connectivity index (χ0v) is 14.2. The summed E-state index contributed by atoms with van der Waals surface area (Å²) in [4.78, 5) is 0. The number of H-pyrrole nitrogens is 1. The summed E-state index contributed by atoms with van der Waals surface area (Å²) in [5.41, 5.74) is 2.18. The Hall–Kier alpha value is -2.04. The van der Waals surface area contributed by atoms with E-state index in [9.17, 15) is 0 Å². The molecule has 5 heteroatoms. The van der Waals surface area contributed by atoms with Gasteiger partial charge in [0.15, 0.2) is 0 Å². The van der Waals surface area contributed by atoms with E-state index in [-0.39, 0.29) is 12.4 Å². The zero-order valence-electron chi connectivity index (χ0n) is 13.4. The molecule has 0 aliphatic heterocycles. The lowest BCUT2D eigenvalue weighted by Crippen LogP contribution is -2.19. The van der Waals surface area contributed by atoms with Gasteiger partial charge in [0.1, 0.15) is 11.5 Å². The molecule has 2 aromatic carbocycles. The molecular weight excluding hydrogens is 310 g/mol. The minimum Gasteiger partial charge on any atom is -0.457 e. The van der Waals surface area contributed by atoms with Gasteiger partial charge >= 0.3 is 0 Å². The van der Waals surface area contributed by atoms with Gasteiger partial charge in [-0.05, 0) is 36.7 Å². The highest BCUT2D eigenvalue weighted by atomic mass is 35.5. The standard InChI is InChI=1S/C18H21N3O.ClH/c1-13(2)10-19-11-14-5-3-4-6-18(14)22-16-7-8-17-15(9-16)12-20-21-17;/h3-9,12-13,19H,10-11H2,1-2H3,(H,20,21);1H. The summed E-state index contributed by atoms with van der Waals surface area (Å²) in [5.74, 6) is 2.35. The molecule has 0 aliphatic carbocycles. The number of halogens is 1. The first-order valence-corrected chi connectivity index (χ1v) is 7.62. The number of nitrogens with zero attached hydrogens (tertiary/aromatic N) is 1. The molecule has 0 amide bonds. The number of hydrogen-bond donors (Lipinski definition) is 2. The summed E-state index contributed by atoms with van der Waals surface area (Å²) < 4.78 is 6.06. The molecule has 1 aromatic heterocycles. The number of nitrogens with one attached hydrogen (secondary N) is 2. The lowest BCUT2D eigenvalue weighted by molar-refractivity contribution is 0.470. The second-order valence-electron chi connectivity index (χ2n) is 5.85. The van der Waals surface area contributed by atoms with Gasteiger partial charge in [0.25, 0.3) is 0 Å².